The van der Waals surface area contributed by atoms with Gasteiger partial charge in [-0.3, -0.25) is 0 Å². The largest absolute Gasteiger partial charge is 0.316 e. The number of hydrogen-bond acceptors (Lipinski definition) is 0. The first-order valence-electron chi connectivity index (χ1n) is 0. The summed E-state index contributed by atoms with van der Waals surface area (Å²) in [6.07, 6.45) is 0. The minimum atomic E-state index is 0. The Kier molecular flexibility index (Phi) is 272. The molecule has 0 aliphatic rings. The topological polar surface area (TPSA) is 0 Å². The Morgan fingerprint density at radius 2 is 1.00 bits per heavy atom. The van der Waals surface area contributed by atoms with Crippen LogP contribution in [-0.4, -0.2) is 78.2 Å². The summed E-state index contributed by atoms with van der Waals surface area (Å²) in [6, 6.07) is 0. The third-order valence-electron chi connectivity index (χ3n) is 0. The molecule has 0 saturated heterocycles. The van der Waals surface area contributed by atoms with Crippen LogP contribution in [0.1, 0.15) is 0 Å². The van der Waals surface area contributed by atoms with Crippen molar-refractivity contribution in [2.24, 2.45) is 0 Å². The maximum Gasteiger partial charge on any atom is 0.316 e. The van der Waals surface area contributed by atoms with E-state index in [0.29, 0.717) is 0 Å². The van der Waals surface area contributed by atoms with Crippen LogP contribution in [0.2, 0.25) is 0 Å². The third kappa shape index (κ3) is 23.8. The molecule has 0 atom stereocenters. The Balaban J connectivity index is 0. The van der Waals surface area contributed by atoms with E-state index in [1.165, 1.54) is 0 Å². The Bertz CT molecular complexity index is 15.5. The predicted octanol–water partition coefficient (Wildman–Crippen LogP) is -3.02. The van der Waals surface area contributed by atoms with Crippen LogP contribution in [0.15, 0.2) is 0 Å². The first-order chi connectivity index (χ1) is 0. The molecule has 0 aliphatic heterocycles. The van der Waals surface area contributed by atoms with Crippen molar-refractivity contribution >= 4 is 78.2 Å². The zero-order valence-electron chi connectivity index (χ0n) is 1.49. The SMILES string of the molecule is [AlH3].[CaH2].[MgH2].[Mn].[Mo].[Zn]. The molecule has 6 heteroatoms. The van der Waals surface area contributed by atoms with Gasteiger partial charge in [-0.1, -0.05) is 0 Å². The summed E-state index contributed by atoms with van der Waals surface area (Å²) in [5.74, 6) is 0. The Morgan fingerprint density at radius 1 is 1.00 bits per heavy atom. The fourth-order valence-electron chi connectivity index (χ4n) is 0. The van der Waals surface area contributed by atoms with Crippen molar-refractivity contribution in [3.05, 3.63) is 0 Å². The zero-order chi connectivity index (χ0) is 0. The van der Waals surface area contributed by atoms with Gasteiger partial charge in [0.05, 0.1) is 0 Å². The Morgan fingerprint density at radius 3 is 1.00 bits per heavy atom. The minimum Gasteiger partial charge on any atom is 0 e. The fourth-order valence-corrected chi connectivity index (χ4v) is 0. The van der Waals surface area contributed by atoms with Gasteiger partial charge in [0.2, 0.25) is 0 Å². The first kappa shape index (κ1) is 47.5. The average molecular weight is 315 g/mol. The molecule has 0 aliphatic carbocycles. The zero-order valence-corrected chi connectivity index (χ0v) is 7.65. The van der Waals surface area contributed by atoms with Crippen LogP contribution >= 0.6 is 0 Å². The molecule has 0 rings (SSSR count). The van der Waals surface area contributed by atoms with Gasteiger partial charge in [0, 0.05) is 57.6 Å². The average Bonchev–Trinajstić information content (AvgIpc) is 0. The van der Waals surface area contributed by atoms with E-state index in [4.69, 9.17) is 0 Å². The van der Waals surface area contributed by atoms with Crippen LogP contribution in [0.25, 0.3) is 0 Å². The van der Waals surface area contributed by atoms with Gasteiger partial charge in [0.1, 0.15) is 0 Å². The second-order valence-electron chi connectivity index (χ2n) is 0. The summed E-state index contributed by atoms with van der Waals surface area (Å²) in [6.45, 7) is 0. The quantitative estimate of drug-likeness (QED) is 0.418. The molecule has 0 N–H and O–H groups in total. The van der Waals surface area contributed by atoms with E-state index in [0.717, 1.165) is 0 Å². The second kappa shape index (κ2) is 34.3. The van der Waals surface area contributed by atoms with E-state index in [9.17, 15) is 0 Å². The second-order valence-corrected chi connectivity index (χ2v) is 0. The summed E-state index contributed by atoms with van der Waals surface area (Å²) in [5, 5.41) is 0. The minimum absolute atomic E-state index is 0. The van der Waals surface area contributed by atoms with Gasteiger partial charge in [-0.15, -0.1) is 0 Å². The molecular weight excluding hydrogens is 308 g/mol. The molecule has 0 nitrogen and oxygen atoms in total. The van der Waals surface area contributed by atoms with E-state index >= 15 is 0 Å². The van der Waals surface area contributed by atoms with Crippen molar-refractivity contribution in [3.63, 3.8) is 0 Å². The monoisotopic (exact) mass is 315 g/mol. The van der Waals surface area contributed by atoms with E-state index in [-0.39, 0.29) is 136 Å². The maximum absolute atomic E-state index is 0. The normalized spacial score (nSPS) is 0. The summed E-state index contributed by atoms with van der Waals surface area (Å²) in [5.41, 5.74) is 0. The first-order valence-corrected chi connectivity index (χ1v) is 0. The van der Waals surface area contributed by atoms with Crippen molar-refractivity contribution in [1.82, 2.24) is 0 Å². The molecule has 0 spiro atoms. The van der Waals surface area contributed by atoms with Gasteiger partial charge < -0.3 is 0 Å². The molecular formula is H7AlCaMgMnMoZn. The van der Waals surface area contributed by atoms with E-state index in [1.807, 2.05) is 0 Å². The van der Waals surface area contributed by atoms with Crippen LogP contribution < -0.4 is 0 Å². The molecule has 0 saturated carbocycles. The van der Waals surface area contributed by atoms with Crippen molar-refractivity contribution in [1.29, 1.82) is 0 Å². The molecule has 1 radical (unpaired) electrons. The van der Waals surface area contributed by atoms with Crippen LogP contribution in [0.3, 0.4) is 0 Å². The molecule has 0 aromatic carbocycles. The smallest absolute Gasteiger partial charge is 0 e. The molecule has 0 unspecified atom stereocenters. The number of rotatable bonds is 0. The molecule has 0 amide bonds. The predicted molar refractivity (Wildman–Crippen MR) is 27.0 cm³/mol. The molecule has 0 aromatic heterocycles. The van der Waals surface area contributed by atoms with E-state index in [1.54, 1.807) is 0 Å². The summed E-state index contributed by atoms with van der Waals surface area (Å²) < 4.78 is 0. The molecule has 0 fully saturated rings. The van der Waals surface area contributed by atoms with E-state index in [2.05, 4.69) is 0 Å². The van der Waals surface area contributed by atoms with Gasteiger partial charge in [0.25, 0.3) is 0 Å². The van der Waals surface area contributed by atoms with Crippen LogP contribution in [0, 0.1) is 0 Å². The summed E-state index contributed by atoms with van der Waals surface area (Å²) in [4.78, 5) is 0. The fraction of sp³-hybridized carbons (Fsp3) is 0. The van der Waals surface area contributed by atoms with Crippen molar-refractivity contribution in [3.8, 4) is 0 Å². The van der Waals surface area contributed by atoms with Crippen molar-refractivity contribution in [2.45, 2.75) is 0 Å². The van der Waals surface area contributed by atoms with Crippen molar-refractivity contribution in [2.75, 3.05) is 0 Å². The molecule has 6 heavy (non-hydrogen) atoms. The van der Waals surface area contributed by atoms with Crippen LogP contribution in [-0.2, 0) is 57.6 Å². The van der Waals surface area contributed by atoms with Gasteiger partial charge >= 0.3 is 60.8 Å². The third-order valence-corrected chi connectivity index (χ3v) is 0. The van der Waals surface area contributed by atoms with Crippen molar-refractivity contribution < 1.29 is 57.6 Å². The van der Waals surface area contributed by atoms with Gasteiger partial charge in [-0.2, -0.15) is 0 Å². The maximum atomic E-state index is 0. The standard InChI is InChI=1S/Al.Ca.Mg.Mn.Mo.Zn.7H. The molecule has 0 bridgehead atoms. The Labute approximate surface area is 132 Å². The van der Waals surface area contributed by atoms with E-state index < -0.39 is 0 Å². The molecule has 0 aromatic rings. The van der Waals surface area contributed by atoms with Gasteiger partial charge in [0.15, 0.2) is 17.4 Å². The molecule has 29 valence electrons. The van der Waals surface area contributed by atoms with Crippen LogP contribution in [0.4, 0.5) is 0 Å². The number of hydrogen-bond donors (Lipinski definition) is 0. The van der Waals surface area contributed by atoms with Crippen LogP contribution in [0.5, 0.6) is 0 Å². The van der Waals surface area contributed by atoms with Gasteiger partial charge in [-0.05, 0) is 0 Å². The molecule has 0 heterocycles. The van der Waals surface area contributed by atoms with Gasteiger partial charge in [-0.25, -0.2) is 0 Å². The summed E-state index contributed by atoms with van der Waals surface area (Å²) >= 11 is 0. The Hall–Kier alpha value is 4.39. The summed E-state index contributed by atoms with van der Waals surface area (Å²) in [7, 11) is 0.